The molecule has 10 nitrogen and oxygen atoms in total. The second-order valence-electron chi connectivity index (χ2n) is 8.71. The number of nitrogens with zero attached hydrogens (tertiary/aromatic N) is 4. The maximum atomic E-state index is 12.8. The van der Waals surface area contributed by atoms with E-state index in [0.717, 1.165) is 17.8 Å². The van der Waals surface area contributed by atoms with Gasteiger partial charge >= 0.3 is 0 Å². The zero-order valence-electron chi connectivity index (χ0n) is 20.3. The summed E-state index contributed by atoms with van der Waals surface area (Å²) in [6, 6.07) is 10.5. The molecule has 0 bridgehead atoms. The Labute approximate surface area is 214 Å². The Morgan fingerprint density at radius 3 is 2.83 bits per heavy atom. The highest BCUT2D eigenvalue weighted by Crippen LogP contribution is 2.30. The molecular weight excluding hydrogens is 482 g/mol. The Bertz CT molecular complexity index is 1230. The molecule has 0 radical (unpaired) electrons. The molecule has 2 amide bonds. The number of nitrogen functional groups attached to an aromatic ring is 1. The van der Waals surface area contributed by atoms with Crippen molar-refractivity contribution in [2.24, 2.45) is 7.05 Å². The van der Waals surface area contributed by atoms with Crippen molar-refractivity contribution in [3.63, 3.8) is 0 Å². The molecule has 36 heavy (non-hydrogen) atoms. The van der Waals surface area contributed by atoms with Crippen molar-refractivity contribution in [1.29, 1.82) is 0 Å². The summed E-state index contributed by atoms with van der Waals surface area (Å²) in [5, 5.41) is 10.9. The van der Waals surface area contributed by atoms with Gasteiger partial charge in [0, 0.05) is 55.5 Å². The molecule has 0 spiro atoms. The Balaban J connectivity index is 1.35. The van der Waals surface area contributed by atoms with E-state index >= 15 is 0 Å². The summed E-state index contributed by atoms with van der Waals surface area (Å²) in [6.07, 6.45) is 2.98. The first-order valence-electron chi connectivity index (χ1n) is 11.7. The smallest absolute Gasteiger partial charge is 0.255 e. The topological polar surface area (TPSA) is 127 Å². The quantitative estimate of drug-likeness (QED) is 0.402. The van der Waals surface area contributed by atoms with Crippen LogP contribution in [-0.2, 0) is 18.3 Å². The third-order valence-corrected chi connectivity index (χ3v) is 6.33. The number of hydrogen-bond acceptors (Lipinski definition) is 7. The van der Waals surface area contributed by atoms with Crippen LogP contribution >= 0.6 is 11.6 Å². The number of likely N-dealkylation sites (N-methyl/N-ethyl adjacent to an activating group) is 1. The summed E-state index contributed by atoms with van der Waals surface area (Å²) in [7, 11) is 3.61. The molecule has 1 aromatic carbocycles. The summed E-state index contributed by atoms with van der Waals surface area (Å²) in [4.78, 5) is 30.6. The number of likely N-dealkylation sites (tertiary alicyclic amines) is 1. The number of carbonyl (C=O) groups is 2. The summed E-state index contributed by atoms with van der Waals surface area (Å²) in [5.41, 5.74) is 8.70. The third kappa shape index (κ3) is 6.13. The van der Waals surface area contributed by atoms with E-state index in [9.17, 15) is 9.59 Å². The number of nitrogens with one attached hydrogen (secondary N) is 2. The minimum atomic E-state index is -0.169. The van der Waals surface area contributed by atoms with Gasteiger partial charge in [-0.25, -0.2) is 4.98 Å². The van der Waals surface area contributed by atoms with Crippen molar-refractivity contribution in [1.82, 2.24) is 25.0 Å². The van der Waals surface area contributed by atoms with Gasteiger partial charge in [0.2, 0.25) is 5.91 Å². The van der Waals surface area contributed by atoms with Gasteiger partial charge in [0.15, 0.2) is 0 Å². The van der Waals surface area contributed by atoms with Crippen LogP contribution in [0.3, 0.4) is 0 Å². The van der Waals surface area contributed by atoms with Gasteiger partial charge in [0.25, 0.3) is 5.91 Å². The molecule has 0 aliphatic carbocycles. The van der Waals surface area contributed by atoms with Gasteiger partial charge in [-0.05, 0) is 43.8 Å². The van der Waals surface area contributed by atoms with Crippen molar-refractivity contribution in [2.45, 2.75) is 18.8 Å². The van der Waals surface area contributed by atoms with Gasteiger partial charge in [0.1, 0.15) is 11.6 Å². The maximum Gasteiger partial charge on any atom is 0.255 e. The van der Waals surface area contributed by atoms with Gasteiger partial charge in [-0.2, -0.15) is 5.10 Å². The van der Waals surface area contributed by atoms with E-state index < -0.39 is 0 Å². The largest absolute Gasteiger partial charge is 0.491 e. The molecule has 3 heterocycles. The lowest BCUT2D eigenvalue weighted by Crippen LogP contribution is -2.28. The fraction of sp³-hybridized carbons (Fsp3) is 0.360. The van der Waals surface area contributed by atoms with Crippen LogP contribution in [0.5, 0.6) is 5.75 Å². The monoisotopic (exact) mass is 511 g/mol. The van der Waals surface area contributed by atoms with Crippen molar-refractivity contribution in [2.75, 3.05) is 44.3 Å². The Morgan fingerprint density at radius 1 is 1.25 bits per heavy atom. The van der Waals surface area contributed by atoms with E-state index in [4.69, 9.17) is 27.2 Å². The lowest BCUT2D eigenvalue weighted by Gasteiger charge is -2.16. The molecule has 1 atom stereocenters. The van der Waals surface area contributed by atoms with Crippen LogP contribution in [0, 0.1) is 0 Å². The molecule has 3 aromatic rings. The molecule has 190 valence electrons. The highest BCUT2D eigenvalue weighted by Gasteiger charge is 2.30. The van der Waals surface area contributed by atoms with E-state index in [-0.39, 0.29) is 24.3 Å². The fourth-order valence-electron chi connectivity index (χ4n) is 4.20. The number of halogens is 1. The van der Waals surface area contributed by atoms with Gasteiger partial charge in [-0.15, -0.1) is 0 Å². The predicted molar refractivity (Wildman–Crippen MR) is 138 cm³/mol. The van der Waals surface area contributed by atoms with E-state index in [1.54, 1.807) is 37.4 Å². The van der Waals surface area contributed by atoms with Crippen LogP contribution < -0.4 is 21.1 Å². The minimum absolute atomic E-state index is 0.0475. The van der Waals surface area contributed by atoms with Crippen molar-refractivity contribution in [3.05, 3.63) is 64.6 Å². The maximum absolute atomic E-state index is 12.8. The second-order valence-corrected chi connectivity index (χ2v) is 9.15. The number of rotatable bonds is 9. The number of anilines is 2. The number of nitrogens with two attached hydrogens (primary N) is 1. The fourth-order valence-corrected chi connectivity index (χ4v) is 4.37. The molecular formula is C25H30ClN7O3. The molecule has 0 saturated carbocycles. The molecule has 4 N–H and O–H groups in total. The summed E-state index contributed by atoms with van der Waals surface area (Å²) in [5.74, 6) is 0.849. The van der Waals surface area contributed by atoms with Crippen molar-refractivity contribution < 1.29 is 14.3 Å². The number of hydrogen-bond donors (Lipinski definition) is 3. The van der Waals surface area contributed by atoms with E-state index in [1.165, 1.54) is 6.20 Å². The summed E-state index contributed by atoms with van der Waals surface area (Å²) < 4.78 is 7.82. The number of aromatic nitrogens is 3. The van der Waals surface area contributed by atoms with Crippen LogP contribution in [0.15, 0.2) is 42.6 Å². The van der Waals surface area contributed by atoms with Crippen LogP contribution in [0.25, 0.3) is 0 Å². The molecule has 0 unspecified atom stereocenters. The van der Waals surface area contributed by atoms with E-state index in [2.05, 4.69) is 21.7 Å². The Morgan fingerprint density at radius 2 is 2.08 bits per heavy atom. The average molecular weight is 512 g/mol. The standard InChI is InChI=1S/C25H30ClN7O3/c1-28-14-24(34)30-20-5-4-18(26)11-22(20)36-10-8-19-12-21(31-32(19)2)17-7-9-33(15-17)25(35)16-3-6-23(27)29-13-16/h3-6,11-13,17,28H,7-10,14-15H2,1-2H3,(H2,27,29)(H,30,34)/t17-/m1/s1. The zero-order chi connectivity index (χ0) is 25.7. The molecule has 1 aliphatic rings. The van der Waals surface area contributed by atoms with E-state index in [1.807, 2.05) is 16.6 Å². The van der Waals surface area contributed by atoms with Crippen molar-refractivity contribution >= 4 is 34.9 Å². The highest BCUT2D eigenvalue weighted by molar-refractivity contribution is 6.30. The van der Waals surface area contributed by atoms with Crippen LogP contribution in [0.2, 0.25) is 5.02 Å². The highest BCUT2D eigenvalue weighted by atomic mass is 35.5. The van der Waals surface area contributed by atoms with Gasteiger partial charge < -0.3 is 26.0 Å². The summed E-state index contributed by atoms with van der Waals surface area (Å²) in [6.45, 7) is 1.85. The zero-order valence-corrected chi connectivity index (χ0v) is 21.1. The molecule has 4 rings (SSSR count). The van der Waals surface area contributed by atoms with Crippen LogP contribution in [0.4, 0.5) is 11.5 Å². The average Bonchev–Trinajstić information content (AvgIpc) is 3.48. The summed E-state index contributed by atoms with van der Waals surface area (Å²) >= 11 is 6.14. The molecule has 11 heteroatoms. The Hall–Kier alpha value is -3.63. The van der Waals surface area contributed by atoms with Crippen molar-refractivity contribution in [3.8, 4) is 5.75 Å². The van der Waals surface area contributed by atoms with Crippen LogP contribution in [-0.4, -0.2) is 64.8 Å². The first kappa shape index (κ1) is 25.5. The number of amides is 2. The molecule has 1 aliphatic heterocycles. The minimum Gasteiger partial charge on any atom is -0.491 e. The first-order chi connectivity index (χ1) is 17.3. The second kappa shape index (κ2) is 11.4. The third-order valence-electron chi connectivity index (χ3n) is 6.09. The number of pyridine rings is 1. The lowest BCUT2D eigenvalue weighted by molar-refractivity contribution is -0.115. The lowest BCUT2D eigenvalue weighted by atomic mass is 10.0. The Kier molecular flexibility index (Phi) is 8.07. The number of carbonyl (C=O) groups excluding carboxylic acids is 2. The predicted octanol–water partition coefficient (Wildman–Crippen LogP) is 2.46. The molecule has 1 fully saturated rings. The molecule has 2 aromatic heterocycles. The number of ether oxygens (including phenoxy) is 1. The van der Waals surface area contributed by atoms with Gasteiger partial charge in [0.05, 0.1) is 30.1 Å². The first-order valence-corrected chi connectivity index (χ1v) is 12.1. The van der Waals surface area contributed by atoms with Gasteiger partial charge in [-0.1, -0.05) is 11.6 Å². The molecule has 1 saturated heterocycles. The normalized spacial score (nSPS) is 15.2. The van der Waals surface area contributed by atoms with Gasteiger partial charge in [-0.3, -0.25) is 14.3 Å². The van der Waals surface area contributed by atoms with E-state index in [0.29, 0.717) is 54.0 Å². The van der Waals surface area contributed by atoms with Crippen LogP contribution in [0.1, 0.15) is 34.1 Å². The SMILES string of the molecule is CNCC(=O)Nc1ccc(Cl)cc1OCCc1cc([C@@H]2CCN(C(=O)c3ccc(N)nc3)C2)nn1C. The number of benzene rings is 1. The number of aryl methyl sites for hydroxylation is 1.